The third-order valence-corrected chi connectivity index (χ3v) is 2.87. The van der Waals surface area contributed by atoms with Crippen LogP contribution in [0.1, 0.15) is 11.1 Å². The minimum Gasteiger partial charge on any atom is -0.496 e. The van der Waals surface area contributed by atoms with Crippen molar-refractivity contribution in [1.82, 2.24) is 9.78 Å². The molecule has 20 heavy (non-hydrogen) atoms. The van der Waals surface area contributed by atoms with Crippen molar-refractivity contribution in [3.63, 3.8) is 0 Å². The highest BCUT2D eigenvalue weighted by molar-refractivity contribution is 6.30. The number of primary amides is 1. The molecule has 0 aliphatic carbocycles. The van der Waals surface area contributed by atoms with Gasteiger partial charge in [0.25, 0.3) is 0 Å². The molecular weight excluding hydrogens is 278 g/mol. The Kier molecular flexibility index (Phi) is 4.42. The fourth-order valence-electron chi connectivity index (χ4n) is 1.80. The number of ether oxygens (including phenoxy) is 1. The Balaban J connectivity index is 2.29. The van der Waals surface area contributed by atoms with E-state index >= 15 is 0 Å². The van der Waals surface area contributed by atoms with Crippen molar-refractivity contribution in [2.45, 2.75) is 6.54 Å². The highest BCUT2D eigenvalue weighted by Crippen LogP contribution is 2.22. The number of hydrogen-bond donors (Lipinski definition) is 1. The van der Waals surface area contributed by atoms with Gasteiger partial charge in [0.1, 0.15) is 5.75 Å². The monoisotopic (exact) mass is 291 g/mol. The van der Waals surface area contributed by atoms with E-state index in [1.807, 2.05) is 18.2 Å². The molecule has 2 rings (SSSR count). The lowest BCUT2D eigenvalue weighted by Crippen LogP contribution is -2.05. The number of benzene rings is 1. The molecular formula is C14H14ClN3O2. The molecule has 0 saturated heterocycles. The van der Waals surface area contributed by atoms with Gasteiger partial charge in [-0.2, -0.15) is 5.10 Å². The number of methoxy groups -OCH3 is 1. The van der Waals surface area contributed by atoms with Gasteiger partial charge in [-0.3, -0.25) is 9.48 Å². The van der Waals surface area contributed by atoms with Gasteiger partial charge in [0.15, 0.2) is 0 Å². The highest BCUT2D eigenvalue weighted by atomic mass is 35.5. The first-order valence-electron chi connectivity index (χ1n) is 5.91. The normalized spacial score (nSPS) is 10.9. The molecule has 1 aromatic carbocycles. The molecule has 104 valence electrons. The van der Waals surface area contributed by atoms with Gasteiger partial charge in [0, 0.05) is 17.8 Å². The van der Waals surface area contributed by atoms with Gasteiger partial charge in [-0.25, -0.2) is 0 Å². The number of aromatic nitrogens is 2. The number of carbonyl (C=O) groups is 1. The number of hydrogen-bond acceptors (Lipinski definition) is 3. The third-order valence-electron chi connectivity index (χ3n) is 2.68. The largest absolute Gasteiger partial charge is 0.496 e. The fourth-order valence-corrected chi connectivity index (χ4v) is 1.96. The van der Waals surface area contributed by atoms with E-state index < -0.39 is 5.91 Å². The molecule has 1 amide bonds. The molecule has 0 atom stereocenters. The van der Waals surface area contributed by atoms with Crippen molar-refractivity contribution >= 4 is 23.6 Å². The van der Waals surface area contributed by atoms with Gasteiger partial charge in [0.2, 0.25) is 5.91 Å². The van der Waals surface area contributed by atoms with Crippen LogP contribution < -0.4 is 10.5 Å². The van der Waals surface area contributed by atoms with Crippen molar-refractivity contribution in [3.05, 3.63) is 52.8 Å². The lowest BCUT2D eigenvalue weighted by molar-refractivity contribution is -0.113. The van der Waals surface area contributed by atoms with Crippen molar-refractivity contribution < 1.29 is 9.53 Å². The van der Waals surface area contributed by atoms with E-state index in [4.69, 9.17) is 22.1 Å². The highest BCUT2D eigenvalue weighted by Gasteiger charge is 2.06. The second kappa shape index (κ2) is 6.25. The predicted octanol–water partition coefficient (Wildman–Crippen LogP) is 2.09. The Bertz CT molecular complexity index is 650. The van der Waals surface area contributed by atoms with Crippen LogP contribution in [0, 0.1) is 0 Å². The first-order chi connectivity index (χ1) is 9.58. The van der Waals surface area contributed by atoms with Crippen molar-refractivity contribution in [1.29, 1.82) is 0 Å². The molecule has 5 nitrogen and oxygen atoms in total. The zero-order valence-electron chi connectivity index (χ0n) is 10.9. The van der Waals surface area contributed by atoms with Gasteiger partial charge in [-0.05, 0) is 23.8 Å². The molecule has 0 unspecified atom stereocenters. The van der Waals surface area contributed by atoms with Crippen LogP contribution >= 0.6 is 11.6 Å². The average Bonchev–Trinajstić information content (AvgIpc) is 2.82. The summed E-state index contributed by atoms with van der Waals surface area (Å²) in [4.78, 5) is 10.8. The number of halogens is 1. The Labute approximate surface area is 121 Å². The maximum absolute atomic E-state index is 10.8. The van der Waals surface area contributed by atoms with Gasteiger partial charge in [-0.1, -0.05) is 17.7 Å². The number of rotatable bonds is 5. The van der Waals surface area contributed by atoms with Gasteiger partial charge >= 0.3 is 0 Å². The lowest BCUT2D eigenvalue weighted by atomic mass is 10.1. The van der Waals surface area contributed by atoms with Crippen LogP contribution in [0.3, 0.4) is 0 Å². The molecule has 0 aliphatic heterocycles. The molecule has 2 N–H and O–H groups in total. The van der Waals surface area contributed by atoms with Gasteiger partial charge in [0.05, 0.1) is 24.9 Å². The Morgan fingerprint density at radius 1 is 1.55 bits per heavy atom. The maximum Gasteiger partial charge on any atom is 0.241 e. The van der Waals surface area contributed by atoms with E-state index in [1.54, 1.807) is 30.3 Å². The Hall–Kier alpha value is -2.27. The minimum absolute atomic E-state index is 0.485. The van der Waals surface area contributed by atoms with Crippen LogP contribution in [-0.2, 0) is 11.3 Å². The van der Waals surface area contributed by atoms with E-state index in [0.717, 1.165) is 16.9 Å². The lowest BCUT2D eigenvalue weighted by Gasteiger charge is -2.09. The number of nitrogens with two attached hydrogens (primary N) is 1. The first-order valence-corrected chi connectivity index (χ1v) is 6.28. The zero-order chi connectivity index (χ0) is 14.5. The standard InChI is InChI=1S/C14H14ClN3O2/c1-20-13-4-2-10(3-5-14(16)19)6-11(13)8-18-9-12(15)7-17-18/h2-7,9H,8H2,1H3,(H2,16,19)/b5-3-. The Morgan fingerprint density at radius 3 is 2.95 bits per heavy atom. The summed E-state index contributed by atoms with van der Waals surface area (Å²) in [6, 6.07) is 5.59. The predicted molar refractivity (Wildman–Crippen MR) is 77.6 cm³/mol. The van der Waals surface area contributed by atoms with E-state index in [0.29, 0.717) is 11.6 Å². The van der Waals surface area contributed by atoms with Crippen LogP contribution in [-0.4, -0.2) is 22.8 Å². The van der Waals surface area contributed by atoms with E-state index in [2.05, 4.69) is 5.10 Å². The molecule has 0 fully saturated rings. The zero-order valence-corrected chi connectivity index (χ0v) is 11.7. The minimum atomic E-state index is -0.485. The topological polar surface area (TPSA) is 70.1 Å². The molecule has 0 spiro atoms. The average molecular weight is 292 g/mol. The summed E-state index contributed by atoms with van der Waals surface area (Å²) < 4.78 is 7.03. The summed E-state index contributed by atoms with van der Waals surface area (Å²) in [6.07, 6.45) is 6.27. The van der Waals surface area contributed by atoms with E-state index in [1.165, 1.54) is 6.08 Å². The molecule has 0 bridgehead atoms. The molecule has 2 aromatic rings. The van der Waals surface area contributed by atoms with Crippen LogP contribution in [0.4, 0.5) is 0 Å². The summed E-state index contributed by atoms with van der Waals surface area (Å²) in [7, 11) is 1.60. The number of nitrogens with zero attached hydrogens (tertiary/aromatic N) is 2. The molecule has 0 saturated carbocycles. The third kappa shape index (κ3) is 3.61. The van der Waals surface area contributed by atoms with Crippen LogP contribution in [0.5, 0.6) is 5.75 Å². The second-order valence-corrected chi connectivity index (χ2v) is 4.60. The van der Waals surface area contributed by atoms with Crippen LogP contribution in [0.15, 0.2) is 36.7 Å². The quantitative estimate of drug-likeness (QED) is 0.858. The van der Waals surface area contributed by atoms with Gasteiger partial charge < -0.3 is 10.5 Å². The molecule has 6 heteroatoms. The summed E-state index contributed by atoms with van der Waals surface area (Å²) >= 11 is 5.84. The molecule has 0 radical (unpaired) electrons. The smallest absolute Gasteiger partial charge is 0.241 e. The molecule has 1 heterocycles. The van der Waals surface area contributed by atoms with Crippen LogP contribution in [0.25, 0.3) is 6.08 Å². The SMILES string of the molecule is COc1ccc(/C=C\C(N)=O)cc1Cn1cc(Cl)cn1. The Morgan fingerprint density at radius 2 is 2.35 bits per heavy atom. The van der Waals surface area contributed by atoms with E-state index in [9.17, 15) is 4.79 Å². The summed E-state index contributed by atoms with van der Waals surface area (Å²) in [5.41, 5.74) is 6.87. The second-order valence-electron chi connectivity index (χ2n) is 4.16. The van der Waals surface area contributed by atoms with Crippen molar-refractivity contribution in [2.75, 3.05) is 7.11 Å². The molecule has 0 aliphatic rings. The number of amides is 1. The molecule has 1 aromatic heterocycles. The summed E-state index contributed by atoms with van der Waals surface area (Å²) in [5.74, 6) is 0.258. The maximum atomic E-state index is 10.8. The van der Waals surface area contributed by atoms with E-state index in [-0.39, 0.29) is 0 Å². The van der Waals surface area contributed by atoms with Crippen LogP contribution in [0.2, 0.25) is 5.02 Å². The van der Waals surface area contributed by atoms with Gasteiger partial charge in [-0.15, -0.1) is 0 Å². The first kappa shape index (κ1) is 14.1. The number of carbonyl (C=O) groups excluding carboxylic acids is 1. The fraction of sp³-hybridized carbons (Fsp3) is 0.143. The summed E-state index contributed by atoms with van der Waals surface area (Å²) in [5, 5.41) is 4.70. The van der Waals surface area contributed by atoms with Crippen molar-refractivity contribution in [3.8, 4) is 5.75 Å². The van der Waals surface area contributed by atoms with Crippen molar-refractivity contribution in [2.24, 2.45) is 5.73 Å². The summed E-state index contributed by atoms with van der Waals surface area (Å²) in [6.45, 7) is 0.522.